The highest BCUT2D eigenvalue weighted by molar-refractivity contribution is 5.64. The van der Waals surface area contributed by atoms with Crippen molar-refractivity contribution in [2.45, 2.75) is 44.9 Å². The zero-order valence-electron chi connectivity index (χ0n) is 11.3. The van der Waals surface area contributed by atoms with Gasteiger partial charge in [-0.25, -0.2) is 9.78 Å². The Hall–Kier alpha value is -1.52. The second-order valence-electron chi connectivity index (χ2n) is 5.41. The van der Waals surface area contributed by atoms with Crippen molar-refractivity contribution in [2.24, 2.45) is 5.92 Å². The molecule has 1 saturated carbocycles. The highest BCUT2D eigenvalue weighted by Crippen LogP contribution is 2.24. The van der Waals surface area contributed by atoms with E-state index in [1.807, 2.05) is 0 Å². The highest BCUT2D eigenvalue weighted by Gasteiger charge is 2.20. The van der Waals surface area contributed by atoms with Gasteiger partial charge in [0, 0.05) is 25.0 Å². The Kier molecular flexibility index (Phi) is 5.24. The second kappa shape index (κ2) is 7.16. The lowest BCUT2D eigenvalue weighted by Crippen LogP contribution is -2.35. The van der Waals surface area contributed by atoms with Crippen LogP contribution in [0.5, 0.6) is 0 Å². The van der Waals surface area contributed by atoms with Gasteiger partial charge in [0.1, 0.15) is 0 Å². The van der Waals surface area contributed by atoms with Crippen molar-refractivity contribution >= 4 is 6.09 Å². The van der Waals surface area contributed by atoms with Gasteiger partial charge in [0.05, 0.1) is 6.33 Å². The van der Waals surface area contributed by atoms with Gasteiger partial charge in [0.15, 0.2) is 0 Å². The van der Waals surface area contributed by atoms with Gasteiger partial charge in [-0.15, -0.1) is 0 Å². The number of amides is 1. The number of aromatic nitrogens is 2. The Morgan fingerprint density at radius 1 is 1.42 bits per heavy atom. The van der Waals surface area contributed by atoms with E-state index in [2.05, 4.69) is 9.97 Å². The molecule has 0 spiro atoms. The van der Waals surface area contributed by atoms with Crippen LogP contribution in [0.2, 0.25) is 0 Å². The fourth-order valence-electron chi connectivity index (χ4n) is 2.83. The third-order valence-corrected chi connectivity index (χ3v) is 3.90. The SMILES string of the molecule is O=C(O)N(CCCc1cnc[nH]1)CC1CCCCC1. The smallest absolute Gasteiger partial charge is 0.407 e. The molecule has 0 aromatic carbocycles. The number of H-pyrrole nitrogens is 1. The van der Waals surface area contributed by atoms with Crippen LogP contribution in [0, 0.1) is 5.92 Å². The first-order valence-corrected chi connectivity index (χ1v) is 7.21. The van der Waals surface area contributed by atoms with Crippen molar-refractivity contribution in [2.75, 3.05) is 13.1 Å². The van der Waals surface area contributed by atoms with Gasteiger partial charge in [-0.2, -0.15) is 0 Å². The van der Waals surface area contributed by atoms with Crippen LogP contribution in [0.1, 0.15) is 44.2 Å². The Morgan fingerprint density at radius 2 is 2.21 bits per heavy atom. The molecule has 1 aliphatic rings. The molecular weight excluding hydrogens is 242 g/mol. The second-order valence-corrected chi connectivity index (χ2v) is 5.41. The summed E-state index contributed by atoms with van der Waals surface area (Å²) < 4.78 is 0. The quantitative estimate of drug-likeness (QED) is 0.831. The van der Waals surface area contributed by atoms with Crippen molar-refractivity contribution in [1.82, 2.24) is 14.9 Å². The maximum atomic E-state index is 11.3. The fourth-order valence-corrected chi connectivity index (χ4v) is 2.83. The van der Waals surface area contributed by atoms with E-state index in [4.69, 9.17) is 0 Å². The predicted octanol–water partition coefficient (Wildman–Crippen LogP) is 2.90. The first-order valence-electron chi connectivity index (χ1n) is 7.21. The fraction of sp³-hybridized carbons (Fsp3) is 0.714. The van der Waals surface area contributed by atoms with Crippen LogP contribution in [-0.2, 0) is 6.42 Å². The van der Waals surface area contributed by atoms with Crippen LogP contribution in [-0.4, -0.2) is 39.2 Å². The van der Waals surface area contributed by atoms with Crippen LogP contribution in [0.25, 0.3) is 0 Å². The molecule has 0 saturated heterocycles. The van der Waals surface area contributed by atoms with Gasteiger partial charge >= 0.3 is 6.09 Å². The average molecular weight is 265 g/mol. The van der Waals surface area contributed by atoms with Crippen LogP contribution in [0.15, 0.2) is 12.5 Å². The van der Waals surface area contributed by atoms with Crippen LogP contribution in [0.4, 0.5) is 4.79 Å². The minimum Gasteiger partial charge on any atom is -0.465 e. The van der Waals surface area contributed by atoms with E-state index in [-0.39, 0.29) is 0 Å². The van der Waals surface area contributed by atoms with E-state index in [1.165, 1.54) is 32.1 Å². The van der Waals surface area contributed by atoms with Gasteiger partial charge in [0.25, 0.3) is 0 Å². The molecule has 1 heterocycles. The monoisotopic (exact) mass is 265 g/mol. The molecule has 0 atom stereocenters. The molecule has 0 bridgehead atoms. The lowest BCUT2D eigenvalue weighted by Gasteiger charge is -2.27. The van der Waals surface area contributed by atoms with E-state index in [9.17, 15) is 9.90 Å². The highest BCUT2D eigenvalue weighted by atomic mass is 16.4. The van der Waals surface area contributed by atoms with E-state index in [0.29, 0.717) is 19.0 Å². The molecule has 5 heteroatoms. The minimum absolute atomic E-state index is 0.567. The topological polar surface area (TPSA) is 69.2 Å². The van der Waals surface area contributed by atoms with Gasteiger partial charge in [-0.3, -0.25) is 0 Å². The normalized spacial score (nSPS) is 16.4. The maximum Gasteiger partial charge on any atom is 0.407 e. The van der Waals surface area contributed by atoms with E-state index >= 15 is 0 Å². The minimum atomic E-state index is -0.782. The van der Waals surface area contributed by atoms with Gasteiger partial charge in [-0.1, -0.05) is 19.3 Å². The molecule has 2 N–H and O–H groups in total. The van der Waals surface area contributed by atoms with Gasteiger partial charge in [-0.05, 0) is 31.6 Å². The van der Waals surface area contributed by atoms with E-state index < -0.39 is 6.09 Å². The number of aromatic amines is 1. The summed E-state index contributed by atoms with van der Waals surface area (Å²) in [5.41, 5.74) is 1.07. The van der Waals surface area contributed by atoms with Gasteiger partial charge in [0.2, 0.25) is 0 Å². The zero-order chi connectivity index (χ0) is 13.5. The maximum absolute atomic E-state index is 11.3. The molecule has 0 unspecified atom stereocenters. The molecule has 1 aliphatic carbocycles. The molecule has 1 fully saturated rings. The number of hydrogen-bond donors (Lipinski definition) is 2. The summed E-state index contributed by atoms with van der Waals surface area (Å²) in [6.45, 7) is 1.32. The first-order chi connectivity index (χ1) is 9.25. The van der Waals surface area contributed by atoms with Crippen LogP contribution >= 0.6 is 0 Å². The number of carboxylic acid groups (broad SMARTS) is 1. The van der Waals surface area contributed by atoms with Crippen molar-refractivity contribution < 1.29 is 9.90 Å². The summed E-state index contributed by atoms with van der Waals surface area (Å²) in [6, 6.07) is 0. The van der Waals surface area contributed by atoms with Crippen molar-refractivity contribution in [3.05, 3.63) is 18.2 Å². The average Bonchev–Trinajstić information content (AvgIpc) is 2.92. The Labute approximate surface area is 114 Å². The van der Waals surface area contributed by atoms with Gasteiger partial charge < -0.3 is 15.0 Å². The lowest BCUT2D eigenvalue weighted by atomic mass is 9.89. The summed E-state index contributed by atoms with van der Waals surface area (Å²) >= 11 is 0. The number of imidazole rings is 1. The summed E-state index contributed by atoms with van der Waals surface area (Å²) in [6.07, 6.45) is 10.6. The summed E-state index contributed by atoms with van der Waals surface area (Å²) in [5, 5.41) is 9.27. The zero-order valence-corrected chi connectivity index (χ0v) is 11.3. The number of aryl methyl sites for hydroxylation is 1. The molecule has 106 valence electrons. The first kappa shape index (κ1) is 13.9. The summed E-state index contributed by atoms with van der Waals surface area (Å²) in [7, 11) is 0. The Balaban J connectivity index is 1.74. The Bertz CT molecular complexity index is 372. The number of nitrogens with zero attached hydrogens (tertiary/aromatic N) is 2. The molecule has 1 aromatic rings. The molecule has 1 aromatic heterocycles. The summed E-state index contributed by atoms with van der Waals surface area (Å²) in [4.78, 5) is 19.9. The number of carbonyl (C=O) groups is 1. The summed E-state index contributed by atoms with van der Waals surface area (Å²) in [5.74, 6) is 0.567. The third-order valence-electron chi connectivity index (χ3n) is 3.90. The lowest BCUT2D eigenvalue weighted by molar-refractivity contribution is 0.130. The van der Waals surface area contributed by atoms with Crippen molar-refractivity contribution in [1.29, 1.82) is 0 Å². The predicted molar refractivity (Wildman–Crippen MR) is 73.1 cm³/mol. The number of nitrogens with one attached hydrogen (secondary N) is 1. The molecule has 2 rings (SSSR count). The Morgan fingerprint density at radius 3 is 2.84 bits per heavy atom. The standard InChI is InChI=1S/C14H23N3O2/c18-14(19)17(10-12-5-2-1-3-6-12)8-4-7-13-9-15-11-16-13/h9,11-12H,1-8,10H2,(H,15,16)(H,18,19). The van der Waals surface area contributed by atoms with Crippen molar-refractivity contribution in [3.63, 3.8) is 0 Å². The molecular formula is C14H23N3O2. The van der Waals surface area contributed by atoms with Crippen LogP contribution in [0.3, 0.4) is 0 Å². The largest absolute Gasteiger partial charge is 0.465 e. The molecule has 0 aliphatic heterocycles. The van der Waals surface area contributed by atoms with Crippen molar-refractivity contribution in [3.8, 4) is 0 Å². The number of rotatable bonds is 6. The van der Waals surface area contributed by atoms with E-state index in [0.717, 1.165) is 18.5 Å². The van der Waals surface area contributed by atoms with Crippen LogP contribution < -0.4 is 0 Å². The van der Waals surface area contributed by atoms with E-state index in [1.54, 1.807) is 17.4 Å². The molecule has 5 nitrogen and oxygen atoms in total. The number of hydrogen-bond acceptors (Lipinski definition) is 2. The third kappa shape index (κ3) is 4.58. The molecule has 0 radical (unpaired) electrons. The molecule has 1 amide bonds. The molecule has 19 heavy (non-hydrogen) atoms.